The van der Waals surface area contributed by atoms with Gasteiger partial charge < -0.3 is 19.5 Å². The molecule has 0 aliphatic carbocycles. The minimum atomic E-state index is -1.04. The first kappa shape index (κ1) is 25.2. The van der Waals surface area contributed by atoms with Crippen molar-refractivity contribution < 1.29 is 28.6 Å². The number of rotatable bonds is 10. The maximum atomic E-state index is 13.2. The lowest BCUT2D eigenvalue weighted by atomic mass is 9.91. The Morgan fingerprint density at radius 3 is 2.36 bits per heavy atom. The molecule has 0 spiro atoms. The van der Waals surface area contributed by atoms with Crippen LogP contribution in [0.5, 0.6) is 11.5 Å². The number of carboxylic acid groups (broad SMARTS) is 1. The molecule has 1 atom stereocenters. The van der Waals surface area contributed by atoms with E-state index < -0.39 is 11.6 Å². The van der Waals surface area contributed by atoms with Gasteiger partial charge in [0.25, 0.3) is 0 Å². The van der Waals surface area contributed by atoms with Crippen LogP contribution in [0.25, 0.3) is 0 Å². The molecule has 1 amide bonds. The predicted molar refractivity (Wildman–Crippen MR) is 134 cm³/mol. The monoisotopic (exact) mass is 491 g/mol. The van der Waals surface area contributed by atoms with Gasteiger partial charge >= 0.3 is 5.97 Å². The summed E-state index contributed by atoms with van der Waals surface area (Å²) in [6, 6.07) is 19.6. The summed E-state index contributed by atoms with van der Waals surface area (Å²) in [5.41, 5.74) is 3.34. The summed E-state index contributed by atoms with van der Waals surface area (Å²) in [6.07, 6.45) is 1.95. The van der Waals surface area contributed by atoms with Crippen molar-refractivity contribution in [1.82, 2.24) is 4.90 Å². The van der Waals surface area contributed by atoms with E-state index in [9.17, 15) is 19.1 Å². The molecule has 1 aliphatic heterocycles. The number of fused-ring (bicyclic) bond motifs is 1. The van der Waals surface area contributed by atoms with E-state index in [-0.39, 0.29) is 24.7 Å². The molecule has 0 fully saturated rings. The highest BCUT2D eigenvalue weighted by molar-refractivity contribution is 5.83. The van der Waals surface area contributed by atoms with Crippen LogP contribution in [-0.4, -0.2) is 47.7 Å². The Kier molecular flexibility index (Phi) is 7.58. The lowest BCUT2D eigenvalue weighted by Gasteiger charge is -2.24. The standard InChI is InChI=1S/C29H30FNO5/c1-29(17-21-3-8-24(30)9-4-21)18-23-15-22(7-12-26(23)36-29)16-27(32)31(19-28(33)34)14-13-20-5-10-25(35-2)11-6-20/h3-12,15H,13-14,16-19H2,1-2H3,(H,33,34)/t29-/m1/s1. The van der Waals surface area contributed by atoms with Gasteiger partial charge in [-0.25, -0.2) is 4.39 Å². The molecular weight excluding hydrogens is 461 g/mol. The Morgan fingerprint density at radius 2 is 1.69 bits per heavy atom. The average molecular weight is 492 g/mol. The topological polar surface area (TPSA) is 76.1 Å². The van der Waals surface area contributed by atoms with E-state index in [2.05, 4.69) is 0 Å². The minimum absolute atomic E-state index is 0.109. The molecule has 3 aromatic carbocycles. The van der Waals surface area contributed by atoms with Gasteiger partial charge in [-0.15, -0.1) is 0 Å². The molecule has 0 unspecified atom stereocenters. The van der Waals surface area contributed by atoms with Crippen molar-refractivity contribution in [3.8, 4) is 11.5 Å². The third kappa shape index (κ3) is 6.42. The Labute approximate surface area is 210 Å². The summed E-state index contributed by atoms with van der Waals surface area (Å²) in [5.74, 6) is -0.0325. The smallest absolute Gasteiger partial charge is 0.323 e. The number of carbonyl (C=O) groups excluding carboxylic acids is 1. The Morgan fingerprint density at radius 1 is 1.03 bits per heavy atom. The fourth-order valence-corrected chi connectivity index (χ4v) is 4.62. The number of amides is 1. The van der Waals surface area contributed by atoms with Crippen LogP contribution >= 0.6 is 0 Å². The average Bonchev–Trinajstić information content (AvgIpc) is 3.18. The molecule has 0 bridgehead atoms. The zero-order valence-corrected chi connectivity index (χ0v) is 20.5. The number of aliphatic carboxylic acids is 1. The van der Waals surface area contributed by atoms with Crippen LogP contribution in [0.3, 0.4) is 0 Å². The van der Waals surface area contributed by atoms with E-state index in [1.807, 2.05) is 49.4 Å². The normalized spacial score (nSPS) is 16.2. The molecule has 0 saturated heterocycles. The number of methoxy groups -OCH3 is 1. The molecule has 3 aromatic rings. The highest BCUT2D eigenvalue weighted by Gasteiger charge is 2.35. The first-order valence-electron chi connectivity index (χ1n) is 11.9. The van der Waals surface area contributed by atoms with E-state index in [0.717, 1.165) is 33.8 Å². The number of benzene rings is 3. The quantitative estimate of drug-likeness (QED) is 0.453. The van der Waals surface area contributed by atoms with Crippen LogP contribution in [0, 0.1) is 5.82 Å². The van der Waals surface area contributed by atoms with E-state index in [0.29, 0.717) is 25.8 Å². The predicted octanol–water partition coefficient (Wildman–Crippen LogP) is 4.47. The van der Waals surface area contributed by atoms with Gasteiger partial charge in [-0.3, -0.25) is 9.59 Å². The fourth-order valence-electron chi connectivity index (χ4n) is 4.62. The summed E-state index contributed by atoms with van der Waals surface area (Å²) in [7, 11) is 1.60. The summed E-state index contributed by atoms with van der Waals surface area (Å²) in [6.45, 7) is 1.98. The number of carbonyl (C=O) groups is 2. The van der Waals surface area contributed by atoms with Crippen LogP contribution in [0.15, 0.2) is 66.7 Å². The minimum Gasteiger partial charge on any atom is -0.497 e. The summed E-state index contributed by atoms with van der Waals surface area (Å²) < 4.78 is 24.6. The van der Waals surface area contributed by atoms with Crippen molar-refractivity contribution in [3.05, 3.63) is 94.8 Å². The lowest BCUT2D eigenvalue weighted by Crippen LogP contribution is -2.38. The third-order valence-corrected chi connectivity index (χ3v) is 6.40. The van der Waals surface area contributed by atoms with Gasteiger partial charge in [0, 0.05) is 19.4 Å². The molecule has 6 nitrogen and oxygen atoms in total. The van der Waals surface area contributed by atoms with E-state index in [1.54, 1.807) is 19.2 Å². The second-order valence-corrected chi connectivity index (χ2v) is 9.46. The van der Waals surface area contributed by atoms with Gasteiger partial charge in [0.2, 0.25) is 5.91 Å². The van der Waals surface area contributed by atoms with E-state index in [4.69, 9.17) is 9.47 Å². The molecule has 0 aromatic heterocycles. The number of nitrogens with zero attached hydrogens (tertiary/aromatic N) is 1. The fraction of sp³-hybridized carbons (Fsp3) is 0.310. The Balaban J connectivity index is 1.40. The molecule has 36 heavy (non-hydrogen) atoms. The maximum absolute atomic E-state index is 13.2. The molecule has 188 valence electrons. The van der Waals surface area contributed by atoms with Crippen LogP contribution in [0.2, 0.25) is 0 Å². The molecule has 1 heterocycles. The van der Waals surface area contributed by atoms with Gasteiger partial charge in [0.1, 0.15) is 29.5 Å². The van der Waals surface area contributed by atoms with E-state index >= 15 is 0 Å². The first-order chi connectivity index (χ1) is 17.2. The third-order valence-electron chi connectivity index (χ3n) is 6.40. The van der Waals surface area contributed by atoms with Crippen molar-refractivity contribution in [2.75, 3.05) is 20.2 Å². The molecule has 4 rings (SSSR count). The Bertz CT molecular complexity index is 1230. The summed E-state index contributed by atoms with van der Waals surface area (Å²) in [4.78, 5) is 25.8. The van der Waals surface area contributed by atoms with Crippen molar-refractivity contribution in [3.63, 3.8) is 0 Å². The largest absolute Gasteiger partial charge is 0.497 e. The van der Waals surface area contributed by atoms with Gasteiger partial charge in [0.05, 0.1) is 13.5 Å². The zero-order chi connectivity index (χ0) is 25.7. The van der Waals surface area contributed by atoms with E-state index in [1.165, 1.54) is 17.0 Å². The number of halogens is 1. The van der Waals surface area contributed by atoms with Crippen LogP contribution in [0.1, 0.15) is 29.2 Å². The second kappa shape index (κ2) is 10.8. The van der Waals surface area contributed by atoms with Crippen molar-refractivity contribution >= 4 is 11.9 Å². The lowest BCUT2D eigenvalue weighted by molar-refractivity contribution is -0.144. The van der Waals surface area contributed by atoms with Gasteiger partial charge in [-0.2, -0.15) is 0 Å². The number of carboxylic acids is 1. The molecule has 0 radical (unpaired) electrons. The molecule has 7 heteroatoms. The van der Waals surface area contributed by atoms with Crippen LogP contribution in [-0.2, 0) is 35.3 Å². The van der Waals surface area contributed by atoms with Crippen LogP contribution in [0.4, 0.5) is 4.39 Å². The number of hydrogen-bond donors (Lipinski definition) is 1. The molecule has 1 N–H and O–H groups in total. The van der Waals surface area contributed by atoms with Crippen molar-refractivity contribution in [2.45, 2.75) is 38.2 Å². The highest BCUT2D eigenvalue weighted by atomic mass is 19.1. The van der Waals surface area contributed by atoms with Crippen molar-refractivity contribution in [1.29, 1.82) is 0 Å². The van der Waals surface area contributed by atoms with Gasteiger partial charge in [-0.1, -0.05) is 36.4 Å². The highest BCUT2D eigenvalue weighted by Crippen LogP contribution is 2.37. The number of hydrogen-bond acceptors (Lipinski definition) is 4. The zero-order valence-electron chi connectivity index (χ0n) is 20.5. The number of ether oxygens (including phenoxy) is 2. The van der Waals surface area contributed by atoms with Gasteiger partial charge in [-0.05, 0) is 65.9 Å². The SMILES string of the molecule is COc1ccc(CCN(CC(=O)O)C(=O)Cc2ccc3c(c2)C[C@@](C)(Cc2ccc(F)cc2)O3)cc1. The van der Waals surface area contributed by atoms with Crippen molar-refractivity contribution in [2.24, 2.45) is 0 Å². The van der Waals surface area contributed by atoms with Crippen LogP contribution < -0.4 is 9.47 Å². The Hall–Kier alpha value is -3.87. The molecule has 0 saturated carbocycles. The molecular formula is C29H30FNO5. The second-order valence-electron chi connectivity index (χ2n) is 9.46. The molecule has 1 aliphatic rings. The van der Waals surface area contributed by atoms with Gasteiger partial charge in [0.15, 0.2) is 0 Å². The maximum Gasteiger partial charge on any atom is 0.323 e. The first-order valence-corrected chi connectivity index (χ1v) is 11.9. The summed E-state index contributed by atoms with van der Waals surface area (Å²) in [5, 5.41) is 9.34. The summed E-state index contributed by atoms with van der Waals surface area (Å²) >= 11 is 0.